The second-order valence-electron chi connectivity index (χ2n) is 15.1. The standard InChI is InChI=1S/2C22H26N2O2S.BrH/c2*1-24-12-5-6-19(24)15-18-16-23-22-10-9-17(14-21(18)22)11-13-27(25,26)20-7-3-2-4-8-20;/h2*2-4,7-10,14,16,19,23H,5-6,11-13,15H2,1H3;1H/t2*19-;/m11./s1. The average molecular weight is 846 g/mol. The molecule has 8 nitrogen and oxygen atoms in total. The van der Waals surface area contributed by atoms with Crippen LogP contribution in [0.1, 0.15) is 47.9 Å². The first-order valence-electron chi connectivity index (χ1n) is 19.2. The summed E-state index contributed by atoms with van der Waals surface area (Å²) in [4.78, 5) is 12.4. The van der Waals surface area contributed by atoms with Crippen LogP contribution in [0.4, 0.5) is 0 Å². The first-order chi connectivity index (χ1) is 26.1. The van der Waals surface area contributed by atoms with Crippen molar-refractivity contribution < 1.29 is 16.8 Å². The molecule has 0 unspecified atom stereocenters. The number of nitrogens with zero attached hydrogens (tertiary/aromatic N) is 2. The van der Waals surface area contributed by atoms with Crippen LogP contribution >= 0.6 is 17.0 Å². The van der Waals surface area contributed by atoms with Crippen LogP contribution in [-0.4, -0.2) is 87.4 Å². The lowest BCUT2D eigenvalue weighted by Gasteiger charge is -2.18. The number of nitrogens with one attached hydrogen (secondary N) is 2. The third-order valence-electron chi connectivity index (χ3n) is 11.4. The maximum absolute atomic E-state index is 12.5. The molecule has 11 heteroatoms. The minimum absolute atomic E-state index is 0. The van der Waals surface area contributed by atoms with E-state index in [4.69, 9.17) is 0 Å². The van der Waals surface area contributed by atoms with Gasteiger partial charge in [-0.2, -0.15) is 0 Å². The van der Waals surface area contributed by atoms with Crippen molar-refractivity contribution in [1.82, 2.24) is 19.8 Å². The van der Waals surface area contributed by atoms with E-state index >= 15 is 0 Å². The largest absolute Gasteiger partial charge is 0.361 e. The van der Waals surface area contributed by atoms with E-state index in [1.54, 1.807) is 48.5 Å². The smallest absolute Gasteiger partial charge is 0.178 e. The Morgan fingerprint density at radius 1 is 0.582 bits per heavy atom. The first-order valence-corrected chi connectivity index (χ1v) is 22.5. The number of halogens is 1. The Morgan fingerprint density at radius 2 is 0.982 bits per heavy atom. The zero-order chi connectivity index (χ0) is 37.7. The van der Waals surface area contributed by atoms with Crippen molar-refractivity contribution >= 4 is 58.5 Å². The van der Waals surface area contributed by atoms with Crippen molar-refractivity contribution in [2.24, 2.45) is 0 Å². The fourth-order valence-corrected chi connectivity index (χ4v) is 10.7. The number of aromatic nitrogens is 2. The number of hydrogen-bond donors (Lipinski definition) is 2. The summed E-state index contributed by atoms with van der Waals surface area (Å²) in [6.07, 6.45) is 12.4. The van der Waals surface area contributed by atoms with Gasteiger partial charge in [-0.3, -0.25) is 0 Å². The van der Waals surface area contributed by atoms with Crippen LogP contribution in [-0.2, 0) is 45.4 Å². The third-order valence-corrected chi connectivity index (χ3v) is 14.9. The molecule has 2 saturated heterocycles. The summed E-state index contributed by atoms with van der Waals surface area (Å²) in [5, 5.41) is 2.45. The van der Waals surface area contributed by atoms with Gasteiger partial charge in [-0.05, 0) is 149 Å². The van der Waals surface area contributed by atoms with Crippen LogP contribution in [0.15, 0.2) is 119 Å². The van der Waals surface area contributed by atoms with E-state index in [2.05, 4.69) is 70.5 Å². The van der Waals surface area contributed by atoms with Crippen molar-refractivity contribution in [3.8, 4) is 0 Å². The number of likely N-dealkylation sites (tertiary alicyclic amines) is 2. The molecular formula is C44H53BrN4O4S2. The molecule has 2 aliphatic heterocycles. The number of H-pyrrole nitrogens is 2. The molecule has 292 valence electrons. The van der Waals surface area contributed by atoms with Crippen LogP contribution in [0.2, 0.25) is 0 Å². The Bertz CT molecular complexity index is 2230. The summed E-state index contributed by atoms with van der Waals surface area (Å²) in [5.74, 6) is 0.265. The molecule has 4 heterocycles. The van der Waals surface area contributed by atoms with Crippen LogP contribution in [0.3, 0.4) is 0 Å². The van der Waals surface area contributed by atoms with Gasteiger partial charge in [-0.25, -0.2) is 16.8 Å². The van der Waals surface area contributed by atoms with Crippen molar-refractivity contribution in [1.29, 1.82) is 0 Å². The minimum Gasteiger partial charge on any atom is -0.361 e. The van der Waals surface area contributed by atoms with Crippen LogP contribution < -0.4 is 0 Å². The summed E-state index contributed by atoms with van der Waals surface area (Å²) >= 11 is 0. The third kappa shape index (κ3) is 9.99. The van der Waals surface area contributed by atoms with Crippen molar-refractivity contribution in [2.45, 2.75) is 73.2 Å². The zero-order valence-corrected chi connectivity index (χ0v) is 35.1. The molecule has 2 N–H and O–H groups in total. The molecular weight excluding hydrogens is 793 g/mol. The fourth-order valence-electron chi connectivity index (χ4n) is 8.08. The number of aromatic amines is 2. The van der Waals surface area contributed by atoms with Crippen LogP contribution in [0, 0.1) is 0 Å². The number of sulfone groups is 2. The topological polar surface area (TPSA) is 106 Å². The van der Waals surface area contributed by atoms with Gasteiger partial charge in [0, 0.05) is 46.3 Å². The Balaban J connectivity index is 0.000000184. The van der Waals surface area contributed by atoms with Gasteiger partial charge in [0.15, 0.2) is 19.7 Å². The van der Waals surface area contributed by atoms with Crippen LogP contribution in [0.5, 0.6) is 0 Å². The van der Waals surface area contributed by atoms with Gasteiger partial charge in [-0.1, -0.05) is 48.5 Å². The molecule has 0 spiro atoms. The Hall–Kier alpha value is -3.74. The van der Waals surface area contributed by atoms with Crippen molar-refractivity contribution in [3.63, 3.8) is 0 Å². The lowest BCUT2D eigenvalue weighted by Crippen LogP contribution is -2.26. The van der Waals surface area contributed by atoms with E-state index < -0.39 is 19.7 Å². The van der Waals surface area contributed by atoms with Gasteiger partial charge in [0.25, 0.3) is 0 Å². The van der Waals surface area contributed by atoms with Crippen LogP contribution in [0.25, 0.3) is 21.8 Å². The highest BCUT2D eigenvalue weighted by molar-refractivity contribution is 8.93. The van der Waals surface area contributed by atoms with Gasteiger partial charge < -0.3 is 19.8 Å². The Kier molecular flexibility index (Phi) is 13.4. The molecule has 2 atom stereocenters. The predicted octanol–water partition coefficient (Wildman–Crippen LogP) is 8.22. The molecule has 2 aromatic heterocycles. The molecule has 0 radical (unpaired) electrons. The lowest BCUT2D eigenvalue weighted by molar-refractivity contribution is 0.310. The molecule has 55 heavy (non-hydrogen) atoms. The maximum Gasteiger partial charge on any atom is 0.178 e. The Labute approximate surface area is 337 Å². The second kappa shape index (κ2) is 18.0. The zero-order valence-electron chi connectivity index (χ0n) is 31.8. The Morgan fingerprint density at radius 3 is 1.35 bits per heavy atom. The summed E-state index contributed by atoms with van der Waals surface area (Å²) < 4.78 is 50.2. The molecule has 0 bridgehead atoms. The van der Waals surface area contributed by atoms with E-state index in [1.165, 1.54) is 60.7 Å². The van der Waals surface area contributed by atoms with Crippen molar-refractivity contribution in [3.05, 3.63) is 132 Å². The normalized spacial score (nSPS) is 18.0. The van der Waals surface area contributed by atoms with Gasteiger partial charge in [0.1, 0.15) is 0 Å². The first kappa shape index (κ1) is 40.9. The van der Waals surface area contributed by atoms with E-state index in [1.807, 2.05) is 24.3 Å². The highest BCUT2D eigenvalue weighted by Crippen LogP contribution is 2.28. The lowest BCUT2D eigenvalue weighted by atomic mass is 10.0. The van der Waals surface area contributed by atoms with E-state index in [0.717, 1.165) is 35.0 Å². The quantitative estimate of drug-likeness (QED) is 0.129. The summed E-state index contributed by atoms with van der Waals surface area (Å²) in [7, 11) is -2.10. The highest BCUT2D eigenvalue weighted by atomic mass is 79.9. The second-order valence-corrected chi connectivity index (χ2v) is 19.3. The SMILES string of the molecule is Br.CN1CCC[C@@H]1Cc1c[nH]c2ccc(CCS(=O)(=O)c3ccccc3)cc12.CN1CCC[C@@H]1Cc1c[nH]c2ccc(CCS(=O)(=O)c3ccccc3)cc12. The number of rotatable bonds is 12. The fraction of sp³-hybridized carbons (Fsp3) is 0.364. The number of likely N-dealkylation sites (N-methyl/N-ethyl adjacent to an activating group) is 2. The van der Waals surface area contributed by atoms with E-state index in [0.29, 0.717) is 34.7 Å². The molecule has 0 saturated carbocycles. The molecule has 2 fully saturated rings. The van der Waals surface area contributed by atoms with Gasteiger partial charge in [-0.15, -0.1) is 17.0 Å². The number of aryl methyl sites for hydroxylation is 2. The minimum atomic E-state index is -3.25. The van der Waals surface area contributed by atoms with E-state index in [9.17, 15) is 16.8 Å². The number of fused-ring (bicyclic) bond motifs is 2. The number of hydrogen-bond acceptors (Lipinski definition) is 6. The van der Waals surface area contributed by atoms with Gasteiger partial charge >= 0.3 is 0 Å². The molecule has 0 amide bonds. The summed E-state index contributed by atoms with van der Waals surface area (Å²) in [5.41, 5.74) is 7.05. The molecule has 0 aliphatic carbocycles. The molecule has 8 rings (SSSR count). The monoisotopic (exact) mass is 844 g/mol. The highest BCUT2D eigenvalue weighted by Gasteiger charge is 2.24. The van der Waals surface area contributed by atoms with Gasteiger partial charge in [0.05, 0.1) is 21.3 Å². The molecule has 6 aromatic rings. The molecule has 4 aromatic carbocycles. The van der Waals surface area contributed by atoms with Gasteiger partial charge in [0.2, 0.25) is 0 Å². The average Bonchev–Trinajstić information content (AvgIpc) is 3.99. The van der Waals surface area contributed by atoms with Crippen molar-refractivity contribution in [2.75, 3.05) is 38.7 Å². The van der Waals surface area contributed by atoms with E-state index in [-0.39, 0.29) is 28.5 Å². The molecule has 2 aliphatic rings. The summed E-state index contributed by atoms with van der Waals surface area (Å²) in [6, 6.07) is 31.2. The predicted molar refractivity (Wildman–Crippen MR) is 230 cm³/mol. The number of benzene rings is 4. The maximum atomic E-state index is 12.5. The summed E-state index contributed by atoms with van der Waals surface area (Å²) in [6.45, 7) is 2.35.